The number of hydrogen-bond donors (Lipinski definition) is 0. The highest BCUT2D eigenvalue weighted by Gasteiger charge is 2.10. The first-order chi connectivity index (χ1) is 14.5. The maximum atomic E-state index is 12.5. The zero-order chi connectivity index (χ0) is 21.5. The maximum Gasteiger partial charge on any atom is 0.344 e. The van der Waals surface area contributed by atoms with Gasteiger partial charge in [0.2, 0.25) is 0 Å². The Morgan fingerprint density at radius 2 is 1.70 bits per heavy atom. The number of fused-ring (bicyclic) bond motifs is 1. The molecule has 3 rings (SSSR count). The Morgan fingerprint density at radius 1 is 0.967 bits per heavy atom. The van der Waals surface area contributed by atoms with Crippen LogP contribution in [0.25, 0.3) is 22.1 Å². The summed E-state index contributed by atoms with van der Waals surface area (Å²) in [5.74, 6) is -0.640. The monoisotopic (exact) mass is 404 g/mol. The average molecular weight is 404 g/mol. The molecule has 1 aromatic heterocycles. The van der Waals surface area contributed by atoms with Gasteiger partial charge in [0.25, 0.3) is 0 Å². The average Bonchev–Trinajstić information content (AvgIpc) is 2.76. The molecule has 0 amide bonds. The predicted molar refractivity (Wildman–Crippen MR) is 113 cm³/mol. The number of hydrogen-bond acceptors (Lipinski definition) is 6. The molecule has 0 saturated carbocycles. The molecule has 6 heteroatoms. The van der Waals surface area contributed by atoms with Gasteiger partial charge in [-0.05, 0) is 48.2 Å². The Bertz CT molecular complexity index is 1150. The van der Waals surface area contributed by atoms with Crippen molar-refractivity contribution in [2.24, 2.45) is 0 Å². The maximum absolute atomic E-state index is 12.5. The van der Waals surface area contributed by atoms with Gasteiger partial charge >= 0.3 is 17.6 Å². The second-order valence-corrected chi connectivity index (χ2v) is 6.44. The zero-order valence-electron chi connectivity index (χ0n) is 16.3. The number of carbonyl (C=O) groups excluding carboxylic acids is 2. The van der Waals surface area contributed by atoms with Gasteiger partial charge in [-0.2, -0.15) is 0 Å². The van der Waals surface area contributed by atoms with Gasteiger partial charge in [-0.1, -0.05) is 37.4 Å². The van der Waals surface area contributed by atoms with Crippen LogP contribution in [0.3, 0.4) is 0 Å². The Kier molecular flexibility index (Phi) is 6.60. The van der Waals surface area contributed by atoms with Crippen molar-refractivity contribution in [3.63, 3.8) is 0 Å². The lowest BCUT2D eigenvalue weighted by atomic mass is 10.0. The summed E-state index contributed by atoms with van der Waals surface area (Å²) in [4.78, 5) is 34.8. The highest BCUT2D eigenvalue weighted by atomic mass is 16.5. The standard InChI is InChI=1S/C24H20O6/c1-3-22(25)28-13-5-6-16-7-8-18-15-20(24(27)30-21(18)14-16)17-9-11-19(12-10-17)29-23(26)4-2/h3-4,7-12,14-15H,1-2,5-6,13H2. The summed E-state index contributed by atoms with van der Waals surface area (Å²) in [7, 11) is 0. The molecule has 30 heavy (non-hydrogen) atoms. The number of esters is 2. The Balaban J connectivity index is 1.76. The lowest BCUT2D eigenvalue weighted by Crippen LogP contribution is -2.05. The quantitative estimate of drug-likeness (QED) is 0.184. The van der Waals surface area contributed by atoms with Gasteiger partial charge in [0.15, 0.2) is 0 Å². The smallest absolute Gasteiger partial charge is 0.344 e. The molecule has 0 bridgehead atoms. The van der Waals surface area contributed by atoms with Crippen LogP contribution in [0, 0.1) is 0 Å². The van der Waals surface area contributed by atoms with E-state index in [9.17, 15) is 14.4 Å². The minimum absolute atomic E-state index is 0.296. The summed E-state index contributed by atoms with van der Waals surface area (Å²) in [6.07, 6.45) is 3.53. The van der Waals surface area contributed by atoms with Crippen molar-refractivity contribution in [2.75, 3.05) is 6.61 Å². The van der Waals surface area contributed by atoms with Crippen molar-refractivity contribution in [3.05, 3.63) is 89.8 Å². The van der Waals surface area contributed by atoms with Crippen LogP contribution in [0.15, 0.2) is 83.1 Å². The van der Waals surface area contributed by atoms with Crippen LogP contribution in [0.5, 0.6) is 5.75 Å². The summed E-state index contributed by atoms with van der Waals surface area (Å²) in [5, 5.41) is 0.786. The summed E-state index contributed by atoms with van der Waals surface area (Å²) >= 11 is 0. The van der Waals surface area contributed by atoms with Crippen LogP contribution >= 0.6 is 0 Å². The van der Waals surface area contributed by atoms with Gasteiger partial charge in [0.1, 0.15) is 11.3 Å². The molecule has 1 heterocycles. The topological polar surface area (TPSA) is 82.8 Å². The van der Waals surface area contributed by atoms with E-state index in [1.54, 1.807) is 30.3 Å². The van der Waals surface area contributed by atoms with E-state index in [1.165, 1.54) is 0 Å². The molecule has 0 radical (unpaired) electrons. The fourth-order valence-corrected chi connectivity index (χ4v) is 2.88. The Morgan fingerprint density at radius 3 is 2.40 bits per heavy atom. The Labute approximate surface area is 173 Å². The van der Waals surface area contributed by atoms with Crippen molar-refractivity contribution >= 4 is 22.9 Å². The third-order valence-corrected chi connectivity index (χ3v) is 4.37. The molecule has 0 spiro atoms. The molecule has 0 atom stereocenters. The van der Waals surface area contributed by atoms with Crippen molar-refractivity contribution in [2.45, 2.75) is 12.8 Å². The zero-order valence-corrected chi connectivity index (χ0v) is 16.3. The largest absolute Gasteiger partial charge is 0.463 e. The molecular formula is C24H20O6. The lowest BCUT2D eigenvalue weighted by Gasteiger charge is -2.07. The number of carbonyl (C=O) groups is 2. The first-order valence-electron chi connectivity index (χ1n) is 9.31. The summed E-state index contributed by atoms with van der Waals surface area (Å²) in [6, 6.07) is 14.0. The van der Waals surface area contributed by atoms with Crippen molar-refractivity contribution < 1.29 is 23.5 Å². The van der Waals surface area contributed by atoms with Crippen LogP contribution in [0.1, 0.15) is 12.0 Å². The van der Waals surface area contributed by atoms with Gasteiger partial charge in [-0.25, -0.2) is 14.4 Å². The highest BCUT2D eigenvalue weighted by Crippen LogP contribution is 2.24. The Hall–Kier alpha value is -3.93. The molecule has 152 valence electrons. The van der Waals surface area contributed by atoms with Gasteiger partial charge < -0.3 is 13.9 Å². The minimum Gasteiger partial charge on any atom is -0.463 e. The number of ether oxygens (including phenoxy) is 2. The highest BCUT2D eigenvalue weighted by molar-refractivity contribution is 5.84. The third-order valence-electron chi connectivity index (χ3n) is 4.37. The normalized spacial score (nSPS) is 10.4. The number of rotatable bonds is 8. The third kappa shape index (κ3) is 5.11. The van der Waals surface area contributed by atoms with Crippen LogP contribution in [0.4, 0.5) is 0 Å². The molecule has 0 N–H and O–H groups in total. The van der Waals surface area contributed by atoms with E-state index in [1.807, 2.05) is 18.2 Å². The van der Waals surface area contributed by atoms with E-state index in [-0.39, 0.29) is 0 Å². The number of aryl methyl sites for hydroxylation is 1. The van der Waals surface area contributed by atoms with Gasteiger partial charge in [0, 0.05) is 17.5 Å². The second kappa shape index (κ2) is 9.52. The van der Waals surface area contributed by atoms with Crippen LogP contribution < -0.4 is 10.4 Å². The molecule has 0 aliphatic heterocycles. The molecule has 6 nitrogen and oxygen atoms in total. The van der Waals surface area contributed by atoms with E-state index in [4.69, 9.17) is 13.9 Å². The van der Waals surface area contributed by atoms with E-state index in [0.29, 0.717) is 41.9 Å². The SMILES string of the molecule is C=CC(=O)OCCCc1ccc2cc(-c3ccc(OC(=O)C=C)cc3)c(=O)oc2c1. The molecule has 0 aliphatic rings. The van der Waals surface area contributed by atoms with E-state index in [0.717, 1.165) is 23.1 Å². The predicted octanol–water partition coefficient (Wildman–Crippen LogP) is 4.21. The van der Waals surface area contributed by atoms with Crippen molar-refractivity contribution in [1.29, 1.82) is 0 Å². The summed E-state index contributed by atoms with van der Waals surface area (Å²) < 4.78 is 15.5. The fourth-order valence-electron chi connectivity index (χ4n) is 2.88. The molecule has 0 unspecified atom stereocenters. The van der Waals surface area contributed by atoms with Crippen LogP contribution in [-0.4, -0.2) is 18.5 Å². The lowest BCUT2D eigenvalue weighted by molar-refractivity contribution is -0.137. The summed E-state index contributed by atoms with van der Waals surface area (Å²) in [6.45, 7) is 6.99. The van der Waals surface area contributed by atoms with E-state index >= 15 is 0 Å². The van der Waals surface area contributed by atoms with E-state index < -0.39 is 17.6 Å². The van der Waals surface area contributed by atoms with E-state index in [2.05, 4.69) is 13.2 Å². The fraction of sp³-hybridized carbons (Fsp3) is 0.125. The molecule has 0 saturated heterocycles. The second-order valence-electron chi connectivity index (χ2n) is 6.44. The first-order valence-corrected chi connectivity index (χ1v) is 9.31. The molecule has 0 fully saturated rings. The van der Waals surface area contributed by atoms with Gasteiger partial charge in [-0.15, -0.1) is 0 Å². The van der Waals surface area contributed by atoms with Gasteiger partial charge in [-0.3, -0.25) is 0 Å². The van der Waals surface area contributed by atoms with Crippen molar-refractivity contribution in [1.82, 2.24) is 0 Å². The summed E-state index contributed by atoms with van der Waals surface area (Å²) in [5.41, 5.74) is 2.06. The molecular weight excluding hydrogens is 384 g/mol. The molecule has 3 aromatic rings. The number of benzene rings is 2. The molecule has 0 aliphatic carbocycles. The molecule has 2 aromatic carbocycles. The van der Waals surface area contributed by atoms with Crippen LogP contribution in [-0.2, 0) is 20.7 Å². The van der Waals surface area contributed by atoms with Gasteiger partial charge in [0.05, 0.1) is 12.2 Å². The first kappa shape index (κ1) is 20.8. The van der Waals surface area contributed by atoms with Crippen molar-refractivity contribution in [3.8, 4) is 16.9 Å². The van der Waals surface area contributed by atoms with Crippen LogP contribution in [0.2, 0.25) is 0 Å². The minimum atomic E-state index is -0.553.